The Balaban J connectivity index is -0.0000000667. The van der Waals surface area contributed by atoms with Crippen molar-refractivity contribution in [3.05, 3.63) is 29.7 Å². The molecule has 0 saturated heterocycles. The van der Waals surface area contributed by atoms with E-state index in [-0.39, 0.29) is 69.8 Å². The molecule has 0 aromatic heterocycles. The van der Waals surface area contributed by atoms with Crippen LogP contribution in [0.25, 0.3) is 0 Å². The summed E-state index contributed by atoms with van der Waals surface area (Å²) >= 11 is 3.54. The average Bonchev–Trinajstić information content (AvgIpc) is 3.38. The smallest absolute Gasteiger partial charge is 0.481 e. The fourth-order valence-electron chi connectivity index (χ4n) is 3.96. The molecule has 4 nitrogen and oxygen atoms in total. The van der Waals surface area contributed by atoms with E-state index in [9.17, 15) is 4.79 Å². The monoisotopic (exact) mass is 604 g/mol. The van der Waals surface area contributed by atoms with Crippen molar-refractivity contribution in [3.8, 4) is 0 Å². The van der Waals surface area contributed by atoms with Crippen LogP contribution in [0.4, 0.5) is 0 Å². The van der Waals surface area contributed by atoms with E-state index in [1.165, 1.54) is 77.0 Å². The summed E-state index contributed by atoms with van der Waals surface area (Å²) in [4.78, 5) is 11.1. The first kappa shape index (κ1) is 46.3. The minimum atomic E-state index is -0.609. The van der Waals surface area contributed by atoms with Gasteiger partial charge in [0.2, 0.25) is 0 Å². The fourth-order valence-corrected chi connectivity index (χ4v) is 4.61. The Morgan fingerprint density at radius 3 is 0.969 bits per heavy atom. The molecule has 0 radical (unpaired) electrons. The number of carboxylic acid groups (broad SMARTS) is 1. The number of alkyl halides is 1. The van der Waals surface area contributed by atoms with E-state index in [0.29, 0.717) is 12.1 Å². The van der Waals surface area contributed by atoms with E-state index in [4.69, 9.17) is 16.6 Å². The van der Waals surface area contributed by atoms with Gasteiger partial charge in [0.1, 0.15) is 0 Å². The zero-order valence-corrected chi connectivity index (χ0v) is 25.0. The Labute approximate surface area is 231 Å². The maximum atomic E-state index is 10.2. The molecule has 0 aliphatic heterocycles. The van der Waals surface area contributed by atoms with E-state index in [1.54, 1.807) is 0 Å². The molecule has 7 heteroatoms. The van der Waals surface area contributed by atoms with Gasteiger partial charge in [0.15, 0.2) is 0 Å². The predicted octanol–water partition coefficient (Wildman–Crippen LogP) is 7.16. The van der Waals surface area contributed by atoms with E-state index < -0.39 is 5.97 Å². The zero-order chi connectivity index (χ0) is 19.2. The summed E-state index contributed by atoms with van der Waals surface area (Å²) in [6.45, 7) is 0. The summed E-state index contributed by atoms with van der Waals surface area (Å²) in [7, 11) is 0. The van der Waals surface area contributed by atoms with Crippen molar-refractivity contribution in [1.29, 1.82) is 0 Å². The molecule has 32 heavy (non-hydrogen) atoms. The van der Waals surface area contributed by atoms with Crippen LogP contribution in [-0.2, 0) is 38.9 Å². The SMILES string of the molecule is BrC1CCCC1.NC1CCCC1.NC1CCCC1.O=C(O)C1CCCC1.[CH3-].[CH3-].[CH3-].[CH3-].[Fe+2].[Fe+2]. The van der Waals surface area contributed by atoms with Crippen molar-refractivity contribution in [2.75, 3.05) is 0 Å². The molecule has 0 atom stereocenters. The maximum Gasteiger partial charge on any atom is 2.00 e. The molecule has 0 aromatic rings. The number of carbonyl (C=O) groups is 1. The van der Waals surface area contributed by atoms with Gasteiger partial charge in [-0.3, -0.25) is 4.79 Å². The first-order valence-corrected chi connectivity index (χ1v) is 11.8. The normalized spacial score (nSPS) is 19.7. The number of hydrogen-bond donors (Lipinski definition) is 3. The van der Waals surface area contributed by atoms with Gasteiger partial charge in [0.25, 0.3) is 0 Å². The first-order chi connectivity index (χ1) is 12.5. The molecule has 0 amide bonds. The molecule has 4 rings (SSSR count). The second kappa shape index (κ2) is 29.9. The summed E-state index contributed by atoms with van der Waals surface area (Å²) in [6.07, 6.45) is 20.2. The minimum Gasteiger partial charge on any atom is -0.481 e. The number of rotatable bonds is 1. The van der Waals surface area contributed by atoms with E-state index in [1.807, 2.05) is 0 Å². The third-order valence-corrected chi connectivity index (χ3v) is 6.70. The van der Waals surface area contributed by atoms with Crippen LogP contribution in [-0.4, -0.2) is 28.0 Å². The number of aliphatic carboxylic acids is 1. The molecule has 4 aliphatic rings. The van der Waals surface area contributed by atoms with Gasteiger partial charge in [-0.15, -0.1) is 0 Å². The number of nitrogens with two attached hydrogens (primary N) is 2. The van der Waals surface area contributed by atoms with Crippen molar-refractivity contribution in [3.63, 3.8) is 0 Å². The Morgan fingerprint density at radius 2 is 0.844 bits per heavy atom. The van der Waals surface area contributed by atoms with Crippen LogP contribution in [0.5, 0.6) is 0 Å². The largest absolute Gasteiger partial charge is 2.00 e. The molecular weight excluding hydrogens is 552 g/mol. The van der Waals surface area contributed by atoms with Crippen LogP contribution in [0.15, 0.2) is 0 Å². The van der Waals surface area contributed by atoms with Crippen molar-refractivity contribution >= 4 is 21.9 Å². The van der Waals surface area contributed by atoms with E-state index >= 15 is 0 Å². The summed E-state index contributed by atoms with van der Waals surface area (Å²) in [6, 6.07) is 1.09. The van der Waals surface area contributed by atoms with Gasteiger partial charge in [-0.25, -0.2) is 0 Å². The third-order valence-electron chi connectivity index (χ3n) is 5.79. The van der Waals surface area contributed by atoms with Crippen LogP contribution in [0, 0.1) is 35.6 Å². The Kier molecular flexibility index (Phi) is 43.3. The summed E-state index contributed by atoms with van der Waals surface area (Å²) in [5.41, 5.74) is 11.1. The van der Waals surface area contributed by atoms with E-state index in [0.717, 1.165) is 30.5 Å². The predicted molar refractivity (Wildman–Crippen MR) is 139 cm³/mol. The van der Waals surface area contributed by atoms with Crippen molar-refractivity contribution in [2.45, 2.75) is 120 Å². The summed E-state index contributed by atoms with van der Waals surface area (Å²) in [5, 5.41) is 8.41. The van der Waals surface area contributed by atoms with Gasteiger partial charge in [0.05, 0.1) is 5.92 Å². The topological polar surface area (TPSA) is 89.3 Å². The van der Waals surface area contributed by atoms with Gasteiger partial charge >= 0.3 is 40.1 Å². The number of hydrogen-bond acceptors (Lipinski definition) is 3. The maximum absolute atomic E-state index is 10.2. The molecule has 4 saturated carbocycles. The third kappa shape index (κ3) is 25.5. The van der Waals surface area contributed by atoms with Crippen LogP contribution in [0.2, 0.25) is 0 Å². The second-order valence-electron chi connectivity index (χ2n) is 8.29. The van der Waals surface area contributed by atoms with Crippen LogP contribution < -0.4 is 11.5 Å². The number of halogens is 1. The standard InChI is InChI=1S/C6H10O2.C5H9Br.2C5H11N.4CH3.2Fe/c7-6(8)5-3-1-2-4-5;3*6-5-3-1-2-4-5;;;;;;/h5H,1-4H2,(H,7,8);5H,1-4H2;2*5H,1-4,6H2;4*1H3;;/q;;;;4*-1;2*+2. The van der Waals surface area contributed by atoms with Gasteiger partial charge in [-0.1, -0.05) is 67.3 Å². The second-order valence-corrected chi connectivity index (χ2v) is 9.59. The Bertz CT molecular complexity index is 323. The molecular formula is C25H53BrFe2N2O2. The molecule has 198 valence electrons. The van der Waals surface area contributed by atoms with Crippen LogP contribution in [0.1, 0.15) is 103 Å². The Morgan fingerprint density at radius 1 is 0.594 bits per heavy atom. The fraction of sp³-hybridized carbons (Fsp3) is 0.800. The van der Waals surface area contributed by atoms with Gasteiger partial charge < -0.3 is 46.3 Å². The van der Waals surface area contributed by atoms with Gasteiger partial charge in [-0.05, 0) is 51.4 Å². The van der Waals surface area contributed by atoms with Crippen molar-refractivity contribution < 1.29 is 44.0 Å². The van der Waals surface area contributed by atoms with Crippen molar-refractivity contribution in [1.82, 2.24) is 0 Å². The zero-order valence-electron chi connectivity index (χ0n) is 21.2. The molecule has 5 N–H and O–H groups in total. The quantitative estimate of drug-likeness (QED) is 0.168. The number of carboxylic acids is 1. The minimum absolute atomic E-state index is 0. The summed E-state index contributed by atoms with van der Waals surface area (Å²) in [5.74, 6) is -0.627. The molecule has 4 aliphatic carbocycles. The first-order valence-electron chi connectivity index (χ1n) is 10.9. The van der Waals surface area contributed by atoms with Crippen LogP contribution in [0.3, 0.4) is 0 Å². The molecule has 0 aromatic carbocycles. The molecule has 0 heterocycles. The van der Waals surface area contributed by atoms with E-state index in [2.05, 4.69) is 15.9 Å². The molecule has 0 spiro atoms. The molecule has 0 bridgehead atoms. The van der Waals surface area contributed by atoms with Gasteiger partial charge in [0, 0.05) is 16.9 Å². The molecule has 4 fully saturated rings. The van der Waals surface area contributed by atoms with Crippen LogP contribution >= 0.6 is 15.9 Å². The van der Waals surface area contributed by atoms with Crippen molar-refractivity contribution in [2.24, 2.45) is 17.4 Å². The summed E-state index contributed by atoms with van der Waals surface area (Å²) < 4.78 is 0. The average molecular weight is 605 g/mol. The van der Waals surface area contributed by atoms with Gasteiger partial charge in [-0.2, -0.15) is 0 Å². The Hall–Kier alpha value is 0.909. The molecule has 0 unspecified atom stereocenters.